The van der Waals surface area contributed by atoms with E-state index >= 15 is 0 Å². The van der Waals surface area contributed by atoms with Gasteiger partial charge in [0.25, 0.3) is 0 Å². The maximum absolute atomic E-state index is 9.69. The number of aromatic nitrogens is 3. The molecule has 8 heteroatoms. The van der Waals surface area contributed by atoms with E-state index in [0.29, 0.717) is 22.4 Å². The lowest BCUT2D eigenvalue weighted by molar-refractivity contribution is 0.412. The first-order chi connectivity index (χ1) is 9.72. The first-order valence-corrected chi connectivity index (χ1v) is 6.92. The first-order valence-electron chi connectivity index (χ1n) is 5.94. The van der Waals surface area contributed by atoms with Crippen LogP contribution in [0.3, 0.4) is 0 Å². The van der Waals surface area contributed by atoms with Crippen LogP contribution in [-0.2, 0) is 0 Å². The lowest BCUT2D eigenvalue weighted by Gasteiger charge is -2.02. The second-order valence-electron chi connectivity index (χ2n) is 3.69. The third-order valence-corrected chi connectivity index (χ3v) is 3.08. The van der Waals surface area contributed by atoms with E-state index in [4.69, 9.17) is 4.74 Å². The molecule has 2 aromatic rings. The quantitative estimate of drug-likeness (QED) is 0.429. The van der Waals surface area contributed by atoms with Crippen molar-refractivity contribution >= 4 is 23.9 Å². The third-order valence-electron chi connectivity index (χ3n) is 2.35. The SMILES string of the molecule is CCSc1n[nH]c(N/N=C\c2cc(OC)ccc2O)n1. The molecule has 0 saturated carbocycles. The predicted molar refractivity (Wildman–Crippen MR) is 78.7 cm³/mol. The van der Waals surface area contributed by atoms with Crippen molar-refractivity contribution in [3.8, 4) is 11.5 Å². The standard InChI is InChI=1S/C12H15N5O2S/c1-3-20-12-14-11(16-17-12)15-13-7-8-6-9(19-2)4-5-10(8)18/h4-7,18H,3H2,1-2H3,(H2,14,15,16,17)/b13-7-. The molecule has 0 radical (unpaired) electrons. The number of anilines is 1. The summed E-state index contributed by atoms with van der Waals surface area (Å²) in [6, 6.07) is 4.90. The summed E-state index contributed by atoms with van der Waals surface area (Å²) in [5.41, 5.74) is 3.25. The van der Waals surface area contributed by atoms with Crippen molar-refractivity contribution in [1.29, 1.82) is 0 Å². The minimum Gasteiger partial charge on any atom is -0.507 e. The summed E-state index contributed by atoms with van der Waals surface area (Å²) >= 11 is 1.53. The number of ether oxygens (including phenoxy) is 1. The normalized spacial score (nSPS) is 10.9. The summed E-state index contributed by atoms with van der Waals surface area (Å²) in [6.45, 7) is 2.03. The van der Waals surface area contributed by atoms with E-state index in [9.17, 15) is 5.11 Å². The Balaban J connectivity index is 2.02. The lowest BCUT2D eigenvalue weighted by Crippen LogP contribution is -1.93. The molecule has 0 saturated heterocycles. The molecule has 1 aromatic heterocycles. The van der Waals surface area contributed by atoms with Crippen molar-refractivity contribution in [2.75, 3.05) is 18.3 Å². The molecule has 0 bridgehead atoms. The highest BCUT2D eigenvalue weighted by Gasteiger charge is 2.02. The Bertz CT molecular complexity index is 599. The van der Waals surface area contributed by atoms with Crippen LogP contribution in [0.4, 0.5) is 5.95 Å². The van der Waals surface area contributed by atoms with Crippen LogP contribution in [-0.4, -0.2) is 39.4 Å². The van der Waals surface area contributed by atoms with Gasteiger partial charge < -0.3 is 9.84 Å². The minimum atomic E-state index is 0.121. The van der Waals surface area contributed by atoms with Crippen LogP contribution in [0.2, 0.25) is 0 Å². The molecule has 0 aliphatic heterocycles. The highest BCUT2D eigenvalue weighted by molar-refractivity contribution is 7.99. The van der Waals surface area contributed by atoms with Crippen molar-refractivity contribution in [2.45, 2.75) is 12.1 Å². The molecule has 0 aliphatic rings. The van der Waals surface area contributed by atoms with E-state index in [1.165, 1.54) is 18.0 Å². The van der Waals surface area contributed by atoms with Gasteiger partial charge in [-0.2, -0.15) is 10.1 Å². The smallest absolute Gasteiger partial charge is 0.240 e. The maximum Gasteiger partial charge on any atom is 0.240 e. The Morgan fingerprint density at radius 3 is 3.15 bits per heavy atom. The highest BCUT2D eigenvalue weighted by atomic mass is 32.2. The second-order valence-corrected chi connectivity index (χ2v) is 4.93. The third kappa shape index (κ3) is 3.64. The van der Waals surface area contributed by atoms with E-state index in [0.717, 1.165) is 5.75 Å². The van der Waals surface area contributed by atoms with Crippen molar-refractivity contribution in [3.63, 3.8) is 0 Å². The molecule has 3 N–H and O–H groups in total. The number of nitrogens with one attached hydrogen (secondary N) is 2. The number of hydrazone groups is 1. The molecule has 7 nitrogen and oxygen atoms in total. The van der Waals surface area contributed by atoms with E-state index in [1.807, 2.05) is 6.92 Å². The molecule has 1 heterocycles. The Morgan fingerprint density at radius 1 is 1.55 bits per heavy atom. The summed E-state index contributed by atoms with van der Waals surface area (Å²) in [7, 11) is 1.56. The molecule has 1 aromatic carbocycles. The molecule has 2 rings (SSSR count). The summed E-state index contributed by atoms with van der Waals surface area (Å²) in [5, 5.41) is 21.1. The summed E-state index contributed by atoms with van der Waals surface area (Å²) in [4.78, 5) is 4.17. The molecule has 0 spiro atoms. The van der Waals surface area contributed by atoms with Gasteiger partial charge in [-0.05, 0) is 24.0 Å². The zero-order valence-corrected chi connectivity index (χ0v) is 11.9. The van der Waals surface area contributed by atoms with Crippen molar-refractivity contribution in [3.05, 3.63) is 23.8 Å². The number of hydrogen-bond acceptors (Lipinski definition) is 7. The van der Waals surface area contributed by atoms with Gasteiger partial charge in [0.15, 0.2) is 0 Å². The van der Waals surface area contributed by atoms with Crippen molar-refractivity contribution in [1.82, 2.24) is 15.2 Å². The highest BCUT2D eigenvalue weighted by Crippen LogP contribution is 2.21. The molecule has 0 unspecified atom stereocenters. The van der Waals surface area contributed by atoms with Gasteiger partial charge in [0, 0.05) is 5.56 Å². The van der Waals surface area contributed by atoms with E-state index in [2.05, 4.69) is 25.7 Å². The molecule has 0 aliphatic carbocycles. The number of thioether (sulfide) groups is 1. The van der Waals surface area contributed by atoms with Crippen molar-refractivity contribution in [2.24, 2.45) is 5.10 Å². The topological polar surface area (TPSA) is 95.4 Å². The number of benzene rings is 1. The molecular formula is C12H15N5O2S. The van der Waals surface area contributed by atoms with E-state index in [1.54, 1.807) is 25.3 Å². The van der Waals surface area contributed by atoms with Crippen molar-refractivity contribution < 1.29 is 9.84 Å². The van der Waals surface area contributed by atoms with Crippen LogP contribution in [0.25, 0.3) is 0 Å². The largest absolute Gasteiger partial charge is 0.507 e. The fourth-order valence-electron chi connectivity index (χ4n) is 1.42. The molecule has 106 valence electrons. The number of phenolic OH excluding ortho intramolecular Hbond substituents is 1. The molecular weight excluding hydrogens is 278 g/mol. The van der Waals surface area contributed by atoms with Gasteiger partial charge in [-0.1, -0.05) is 18.7 Å². The number of nitrogens with zero attached hydrogens (tertiary/aromatic N) is 3. The summed E-state index contributed by atoms with van der Waals surface area (Å²) < 4.78 is 5.08. The van der Waals surface area contributed by atoms with Crippen LogP contribution in [0.5, 0.6) is 11.5 Å². The average Bonchev–Trinajstić information content (AvgIpc) is 2.89. The van der Waals surface area contributed by atoms with Gasteiger partial charge >= 0.3 is 0 Å². The van der Waals surface area contributed by atoms with Crippen LogP contribution in [0.15, 0.2) is 28.5 Å². The average molecular weight is 293 g/mol. The fraction of sp³-hybridized carbons (Fsp3) is 0.250. The fourth-order valence-corrected chi connectivity index (χ4v) is 1.94. The number of phenols is 1. The Hall–Kier alpha value is -2.22. The van der Waals surface area contributed by atoms with Gasteiger partial charge in [0.2, 0.25) is 11.1 Å². The number of aromatic amines is 1. The number of H-pyrrole nitrogens is 1. The Kier molecular flexibility index (Phi) is 4.83. The van der Waals surface area contributed by atoms with E-state index < -0.39 is 0 Å². The van der Waals surface area contributed by atoms with Crippen LogP contribution >= 0.6 is 11.8 Å². The molecule has 0 amide bonds. The first kappa shape index (κ1) is 14.2. The van der Waals surface area contributed by atoms with Crippen LogP contribution in [0, 0.1) is 0 Å². The van der Waals surface area contributed by atoms with Crippen LogP contribution in [0.1, 0.15) is 12.5 Å². The van der Waals surface area contributed by atoms with Gasteiger partial charge in [-0.25, -0.2) is 10.5 Å². The predicted octanol–water partition coefficient (Wildman–Crippen LogP) is 2.08. The summed E-state index contributed by atoms with van der Waals surface area (Å²) in [6.07, 6.45) is 1.48. The lowest BCUT2D eigenvalue weighted by atomic mass is 10.2. The minimum absolute atomic E-state index is 0.121. The number of hydrogen-bond donors (Lipinski definition) is 3. The molecule has 20 heavy (non-hydrogen) atoms. The number of aromatic hydroxyl groups is 1. The second kappa shape index (κ2) is 6.80. The number of methoxy groups -OCH3 is 1. The Labute approximate surface area is 120 Å². The van der Waals surface area contributed by atoms with Gasteiger partial charge in [-0.15, -0.1) is 5.10 Å². The maximum atomic E-state index is 9.69. The van der Waals surface area contributed by atoms with Gasteiger partial charge in [0.1, 0.15) is 11.5 Å². The van der Waals surface area contributed by atoms with E-state index in [-0.39, 0.29) is 5.75 Å². The zero-order valence-electron chi connectivity index (χ0n) is 11.1. The molecule has 0 atom stereocenters. The van der Waals surface area contributed by atoms with Gasteiger partial charge in [-0.3, -0.25) is 0 Å². The molecule has 0 fully saturated rings. The van der Waals surface area contributed by atoms with Crippen LogP contribution < -0.4 is 10.2 Å². The Morgan fingerprint density at radius 2 is 2.40 bits per heavy atom. The zero-order chi connectivity index (χ0) is 14.4. The monoisotopic (exact) mass is 293 g/mol. The number of rotatable bonds is 6. The summed E-state index contributed by atoms with van der Waals surface area (Å²) in [5.74, 6) is 2.11. The van der Waals surface area contributed by atoms with Gasteiger partial charge in [0.05, 0.1) is 13.3 Å².